The molecule has 1 fully saturated rings. The van der Waals surface area contributed by atoms with Gasteiger partial charge >= 0.3 is 5.97 Å². The molecule has 0 amide bonds. The number of carbonyl (C=O) groups is 1. The van der Waals surface area contributed by atoms with E-state index in [1.807, 2.05) is 0 Å². The molecule has 4 aromatic rings. The van der Waals surface area contributed by atoms with Gasteiger partial charge in [0, 0.05) is 23.8 Å². The van der Waals surface area contributed by atoms with E-state index in [-0.39, 0.29) is 22.7 Å². The maximum atomic E-state index is 13.6. The third kappa shape index (κ3) is 6.09. The number of hydrogen-bond donors (Lipinski definition) is 8. The molecular weight excluding hydrogens is 584 g/mol. The van der Waals surface area contributed by atoms with Gasteiger partial charge in [-0.25, -0.2) is 4.79 Å². The summed E-state index contributed by atoms with van der Waals surface area (Å²) in [6.07, 6.45) is -6.54. The van der Waals surface area contributed by atoms with Crippen molar-refractivity contribution in [2.45, 2.75) is 30.7 Å². The van der Waals surface area contributed by atoms with Crippen LogP contribution >= 0.6 is 0 Å². The number of esters is 1. The van der Waals surface area contributed by atoms with Gasteiger partial charge in [-0.15, -0.1) is 0 Å². The molecule has 1 aromatic heterocycles. The number of ether oxygens (including phenoxy) is 3. The maximum Gasteiger partial charge on any atom is 0.330 e. The van der Waals surface area contributed by atoms with Gasteiger partial charge < -0.3 is 59.5 Å². The van der Waals surface area contributed by atoms with Crippen LogP contribution < -0.4 is 10.2 Å². The lowest BCUT2D eigenvalue weighted by Crippen LogP contribution is -2.60. The minimum atomic E-state index is -1.95. The molecule has 0 spiro atoms. The highest BCUT2D eigenvalue weighted by Gasteiger charge is 2.46. The molecule has 3 aromatic carbocycles. The average Bonchev–Trinajstić information content (AvgIpc) is 2.97. The second-order valence-electron chi connectivity index (χ2n) is 9.82. The Labute approximate surface area is 247 Å². The van der Waals surface area contributed by atoms with Gasteiger partial charge in [0.05, 0.1) is 0 Å². The van der Waals surface area contributed by atoms with Gasteiger partial charge in [0.1, 0.15) is 59.2 Å². The first-order chi connectivity index (χ1) is 20.9. The summed E-state index contributed by atoms with van der Waals surface area (Å²) in [5, 5.41) is 80.8. The highest BCUT2D eigenvalue weighted by Crippen LogP contribution is 2.39. The molecule has 0 radical (unpaired) electrons. The molecule has 1 aliphatic heterocycles. The second kappa shape index (κ2) is 12.1. The highest BCUT2D eigenvalue weighted by molar-refractivity contribution is 5.88. The van der Waals surface area contributed by atoms with Crippen molar-refractivity contribution in [1.82, 2.24) is 0 Å². The van der Waals surface area contributed by atoms with Crippen LogP contribution in [0, 0.1) is 0 Å². The largest absolute Gasteiger partial charge is 0.508 e. The van der Waals surface area contributed by atoms with Crippen molar-refractivity contribution in [2.24, 2.45) is 0 Å². The number of hydrogen-bond acceptors (Lipinski definition) is 14. The van der Waals surface area contributed by atoms with Crippen LogP contribution in [0.4, 0.5) is 0 Å². The first-order valence-corrected chi connectivity index (χ1v) is 13.0. The molecule has 5 unspecified atom stereocenters. The van der Waals surface area contributed by atoms with Crippen LogP contribution in [0.15, 0.2) is 69.9 Å². The van der Waals surface area contributed by atoms with Gasteiger partial charge in [0.25, 0.3) is 0 Å². The van der Waals surface area contributed by atoms with Gasteiger partial charge in [-0.05, 0) is 42.0 Å². The molecule has 8 N–H and O–H groups in total. The Bertz CT molecular complexity index is 1800. The third-order valence-corrected chi connectivity index (χ3v) is 6.73. The summed E-state index contributed by atoms with van der Waals surface area (Å²) in [5.41, 5.74) is -0.822. The summed E-state index contributed by atoms with van der Waals surface area (Å²) in [5.74, 6) is -4.16. The number of phenolic OH excluding ortho intramolecular Hbond substituents is 5. The summed E-state index contributed by atoms with van der Waals surface area (Å²) in [7, 11) is 0. The van der Waals surface area contributed by atoms with Crippen molar-refractivity contribution >= 4 is 23.0 Å². The summed E-state index contributed by atoms with van der Waals surface area (Å²) in [6, 6.07) is 11.3. The molecule has 0 bridgehead atoms. The predicted octanol–water partition coefficient (Wildman–Crippen LogP) is 1.43. The van der Waals surface area contributed by atoms with E-state index in [1.165, 1.54) is 24.3 Å². The molecule has 0 aliphatic carbocycles. The highest BCUT2D eigenvalue weighted by atomic mass is 16.7. The Balaban J connectivity index is 1.44. The van der Waals surface area contributed by atoms with Crippen LogP contribution in [0.25, 0.3) is 28.4 Å². The van der Waals surface area contributed by atoms with Gasteiger partial charge in [-0.3, -0.25) is 4.79 Å². The number of aliphatic hydroxyl groups is 3. The van der Waals surface area contributed by atoms with Crippen LogP contribution in [-0.4, -0.2) is 84.1 Å². The average molecular weight is 611 g/mol. The fraction of sp³-hybridized carbons (Fsp3) is 0.200. The van der Waals surface area contributed by atoms with E-state index in [2.05, 4.69) is 0 Å². The van der Waals surface area contributed by atoms with Gasteiger partial charge in [0.2, 0.25) is 17.5 Å². The van der Waals surface area contributed by atoms with Gasteiger partial charge in [0.15, 0.2) is 17.3 Å². The molecule has 1 saturated heterocycles. The van der Waals surface area contributed by atoms with Crippen LogP contribution in [-0.2, 0) is 14.3 Å². The standard InChI is InChI=1S/C30H26O14/c31-15-3-1-2-13(8-15)4-7-22(36)41-12-21-24(37)26(39)27(40)30(43-21)44-29-25(38)23-19(35)10-16(32)11-20(23)42-28(29)14-5-6-17(33)18(34)9-14/h1-11,21,24,26-27,30-35,37,39-40H,12H2. The van der Waals surface area contributed by atoms with Crippen molar-refractivity contribution in [3.63, 3.8) is 0 Å². The van der Waals surface area contributed by atoms with Crippen LogP contribution in [0.3, 0.4) is 0 Å². The van der Waals surface area contributed by atoms with E-state index >= 15 is 0 Å². The van der Waals surface area contributed by atoms with Crippen LogP contribution in [0.1, 0.15) is 5.56 Å². The van der Waals surface area contributed by atoms with Gasteiger partial charge in [-0.1, -0.05) is 12.1 Å². The number of aliphatic hydroxyl groups excluding tert-OH is 3. The second-order valence-corrected chi connectivity index (χ2v) is 9.82. The maximum absolute atomic E-state index is 13.6. The van der Waals surface area contributed by atoms with E-state index in [1.54, 1.807) is 12.1 Å². The van der Waals surface area contributed by atoms with Crippen molar-refractivity contribution in [2.75, 3.05) is 6.61 Å². The minimum absolute atomic E-state index is 0.0167. The molecule has 5 rings (SSSR count). The Morgan fingerprint density at radius 1 is 0.841 bits per heavy atom. The molecule has 1 aliphatic rings. The zero-order valence-corrected chi connectivity index (χ0v) is 22.5. The summed E-state index contributed by atoms with van der Waals surface area (Å²) in [4.78, 5) is 25.8. The quantitative estimate of drug-likeness (QED) is 0.0840. The molecule has 0 saturated carbocycles. The first-order valence-electron chi connectivity index (χ1n) is 13.0. The minimum Gasteiger partial charge on any atom is -0.508 e. The first kappa shape index (κ1) is 30.2. The number of aromatic hydroxyl groups is 5. The number of carbonyl (C=O) groups excluding carboxylic acids is 1. The summed E-state index contributed by atoms with van der Waals surface area (Å²) in [6.45, 7) is -0.626. The lowest BCUT2D eigenvalue weighted by atomic mass is 9.99. The Hall–Kier alpha value is -5.28. The lowest BCUT2D eigenvalue weighted by molar-refractivity contribution is -0.278. The zero-order valence-electron chi connectivity index (χ0n) is 22.5. The van der Waals surface area contributed by atoms with E-state index < -0.39 is 82.8 Å². The number of phenols is 5. The fourth-order valence-corrected chi connectivity index (χ4v) is 4.50. The van der Waals surface area contributed by atoms with E-state index in [0.717, 1.165) is 30.3 Å². The zero-order chi connectivity index (χ0) is 31.7. The van der Waals surface area contributed by atoms with Crippen molar-refractivity contribution in [3.8, 4) is 45.8 Å². The summed E-state index contributed by atoms with van der Waals surface area (Å²) >= 11 is 0. The Morgan fingerprint density at radius 3 is 2.34 bits per heavy atom. The van der Waals surface area contributed by atoms with Gasteiger partial charge in [-0.2, -0.15) is 0 Å². The Kier molecular flexibility index (Phi) is 8.33. The molecule has 2 heterocycles. The van der Waals surface area contributed by atoms with Crippen molar-refractivity contribution < 1.29 is 64.3 Å². The van der Waals surface area contributed by atoms with E-state index in [0.29, 0.717) is 5.56 Å². The SMILES string of the molecule is O=C(C=Cc1cccc(O)c1)OCC1OC(Oc2c(-c3ccc(O)c(O)c3)oc3cc(O)cc(O)c3c2=O)C(O)C(O)C1O. The van der Waals surface area contributed by atoms with Crippen LogP contribution in [0.5, 0.6) is 34.5 Å². The van der Waals surface area contributed by atoms with Crippen molar-refractivity contribution in [1.29, 1.82) is 0 Å². The predicted molar refractivity (Wildman–Crippen MR) is 150 cm³/mol. The van der Waals surface area contributed by atoms with Crippen molar-refractivity contribution in [3.05, 3.63) is 76.5 Å². The van der Waals surface area contributed by atoms with E-state index in [9.17, 15) is 50.4 Å². The van der Waals surface area contributed by atoms with E-state index in [4.69, 9.17) is 18.6 Å². The van der Waals surface area contributed by atoms with Crippen LogP contribution in [0.2, 0.25) is 0 Å². The smallest absolute Gasteiger partial charge is 0.330 e. The fourth-order valence-electron chi connectivity index (χ4n) is 4.50. The molecule has 230 valence electrons. The molecule has 5 atom stereocenters. The molecule has 14 nitrogen and oxygen atoms in total. The Morgan fingerprint density at radius 2 is 1.61 bits per heavy atom. The number of fused-ring (bicyclic) bond motifs is 1. The number of rotatable bonds is 7. The molecule has 14 heteroatoms. The third-order valence-electron chi connectivity index (χ3n) is 6.73. The topological polar surface area (TPSA) is 237 Å². The monoisotopic (exact) mass is 610 g/mol. The molecule has 44 heavy (non-hydrogen) atoms. The number of benzene rings is 3. The summed E-state index contributed by atoms with van der Waals surface area (Å²) < 4.78 is 22.1. The lowest BCUT2D eigenvalue weighted by Gasteiger charge is -2.39. The molecular formula is C30H26O14. The normalized spacial score (nSPS) is 21.8.